The summed E-state index contributed by atoms with van der Waals surface area (Å²) in [5, 5.41) is 3.27. The number of rotatable bonds is 2. The van der Waals surface area contributed by atoms with E-state index in [4.69, 9.17) is 11.6 Å². The summed E-state index contributed by atoms with van der Waals surface area (Å²) in [6, 6.07) is 9.16. The highest BCUT2D eigenvalue weighted by molar-refractivity contribution is 6.29. The van der Waals surface area contributed by atoms with Crippen molar-refractivity contribution in [2.75, 3.05) is 5.32 Å². The smallest absolute Gasteiger partial charge is 0.255 e. The van der Waals surface area contributed by atoms with Gasteiger partial charge in [0.2, 0.25) is 0 Å². The predicted molar refractivity (Wildman–Crippen MR) is 77.9 cm³/mol. The molecule has 0 radical (unpaired) electrons. The number of pyridine rings is 1. The second kappa shape index (κ2) is 5.41. The Hall–Kier alpha value is -1.87. The molecule has 1 heterocycles. The number of benzene rings is 1. The van der Waals surface area contributed by atoms with E-state index in [2.05, 4.69) is 10.3 Å². The molecule has 2 rings (SSSR count). The van der Waals surface area contributed by atoms with Crippen molar-refractivity contribution in [3.8, 4) is 0 Å². The average Bonchev–Trinajstić information content (AvgIpc) is 2.32. The molecule has 0 spiro atoms. The van der Waals surface area contributed by atoms with Crippen LogP contribution in [0.2, 0.25) is 5.15 Å². The van der Waals surface area contributed by atoms with Crippen molar-refractivity contribution in [1.29, 1.82) is 0 Å². The average molecular weight is 275 g/mol. The second-order valence-electron chi connectivity index (χ2n) is 4.54. The molecule has 0 bridgehead atoms. The minimum absolute atomic E-state index is 0.135. The SMILES string of the molecule is Cc1ccc(C(=O)Nc2ccc(Cl)nc2C)c(C)c1. The van der Waals surface area contributed by atoms with Crippen LogP contribution in [0, 0.1) is 20.8 Å². The van der Waals surface area contributed by atoms with Gasteiger partial charge in [-0.3, -0.25) is 4.79 Å². The predicted octanol–water partition coefficient (Wildman–Crippen LogP) is 3.91. The number of carbonyl (C=O) groups excluding carboxylic acids is 1. The van der Waals surface area contributed by atoms with Crippen LogP contribution in [-0.4, -0.2) is 10.9 Å². The fourth-order valence-corrected chi connectivity index (χ4v) is 2.11. The Morgan fingerprint density at radius 3 is 2.53 bits per heavy atom. The molecule has 0 fully saturated rings. The zero-order chi connectivity index (χ0) is 14.0. The van der Waals surface area contributed by atoms with Crippen LogP contribution < -0.4 is 5.32 Å². The van der Waals surface area contributed by atoms with Crippen molar-refractivity contribution >= 4 is 23.2 Å². The summed E-state index contributed by atoms with van der Waals surface area (Å²) >= 11 is 5.79. The van der Waals surface area contributed by atoms with Gasteiger partial charge in [-0.2, -0.15) is 0 Å². The molecule has 0 saturated carbocycles. The highest BCUT2D eigenvalue weighted by Crippen LogP contribution is 2.18. The summed E-state index contributed by atoms with van der Waals surface area (Å²) in [4.78, 5) is 16.3. The van der Waals surface area contributed by atoms with Gasteiger partial charge in [0.1, 0.15) is 5.15 Å². The van der Waals surface area contributed by atoms with E-state index in [1.165, 1.54) is 0 Å². The number of carbonyl (C=O) groups is 1. The third-order valence-corrected chi connectivity index (χ3v) is 3.14. The van der Waals surface area contributed by atoms with Crippen molar-refractivity contribution in [3.63, 3.8) is 0 Å². The molecule has 1 aromatic carbocycles. The molecule has 0 saturated heterocycles. The van der Waals surface area contributed by atoms with E-state index in [-0.39, 0.29) is 5.91 Å². The van der Waals surface area contributed by atoms with E-state index in [0.29, 0.717) is 22.1 Å². The number of halogens is 1. The van der Waals surface area contributed by atoms with Crippen LogP contribution in [0.25, 0.3) is 0 Å². The third-order valence-electron chi connectivity index (χ3n) is 2.93. The van der Waals surface area contributed by atoms with Crippen LogP contribution in [0.5, 0.6) is 0 Å². The van der Waals surface area contributed by atoms with E-state index in [1.54, 1.807) is 12.1 Å². The van der Waals surface area contributed by atoms with Crippen LogP contribution in [-0.2, 0) is 0 Å². The fraction of sp³-hybridized carbons (Fsp3) is 0.200. The summed E-state index contributed by atoms with van der Waals surface area (Å²) < 4.78 is 0. The number of amides is 1. The van der Waals surface area contributed by atoms with Crippen molar-refractivity contribution in [2.24, 2.45) is 0 Å². The highest BCUT2D eigenvalue weighted by atomic mass is 35.5. The molecule has 0 atom stereocenters. The zero-order valence-electron chi connectivity index (χ0n) is 11.1. The van der Waals surface area contributed by atoms with Gasteiger partial charge in [-0.15, -0.1) is 0 Å². The van der Waals surface area contributed by atoms with Crippen molar-refractivity contribution in [3.05, 3.63) is 57.9 Å². The molecule has 98 valence electrons. The topological polar surface area (TPSA) is 42.0 Å². The number of hydrogen-bond acceptors (Lipinski definition) is 2. The lowest BCUT2D eigenvalue weighted by atomic mass is 10.1. The standard InChI is InChI=1S/C15H15ClN2O/c1-9-4-5-12(10(2)8-9)15(19)18-13-6-7-14(16)17-11(13)3/h4-8H,1-3H3,(H,18,19). The first-order chi connectivity index (χ1) is 8.97. The van der Waals surface area contributed by atoms with E-state index in [0.717, 1.165) is 11.1 Å². The van der Waals surface area contributed by atoms with E-state index in [9.17, 15) is 4.79 Å². The van der Waals surface area contributed by atoms with Crippen molar-refractivity contribution in [2.45, 2.75) is 20.8 Å². The minimum Gasteiger partial charge on any atom is -0.320 e. The number of nitrogens with zero attached hydrogens (tertiary/aromatic N) is 1. The summed E-state index contributed by atoms with van der Waals surface area (Å²) in [7, 11) is 0. The molecule has 1 N–H and O–H groups in total. The quantitative estimate of drug-likeness (QED) is 0.844. The van der Waals surface area contributed by atoms with Gasteiger partial charge >= 0.3 is 0 Å². The Kier molecular flexibility index (Phi) is 3.86. The van der Waals surface area contributed by atoms with Gasteiger partial charge in [-0.05, 0) is 44.5 Å². The highest BCUT2D eigenvalue weighted by Gasteiger charge is 2.11. The Morgan fingerprint density at radius 2 is 1.89 bits per heavy atom. The summed E-state index contributed by atoms with van der Waals surface area (Å²) in [6.07, 6.45) is 0. The van der Waals surface area contributed by atoms with E-state index >= 15 is 0 Å². The molecule has 2 aromatic rings. The molecule has 1 amide bonds. The third kappa shape index (κ3) is 3.12. The second-order valence-corrected chi connectivity index (χ2v) is 4.93. The Bertz CT molecular complexity index is 638. The van der Waals surface area contributed by atoms with Gasteiger partial charge in [-0.1, -0.05) is 29.3 Å². The number of anilines is 1. The first-order valence-corrected chi connectivity index (χ1v) is 6.37. The molecular formula is C15H15ClN2O. The monoisotopic (exact) mass is 274 g/mol. The van der Waals surface area contributed by atoms with Gasteiger partial charge in [0.15, 0.2) is 0 Å². The number of aryl methyl sites for hydroxylation is 3. The lowest BCUT2D eigenvalue weighted by molar-refractivity contribution is 0.102. The largest absolute Gasteiger partial charge is 0.320 e. The van der Waals surface area contributed by atoms with Crippen LogP contribution in [0.3, 0.4) is 0 Å². The Balaban J connectivity index is 2.25. The molecule has 0 aliphatic rings. The number of aromatic nitrogens is 1. The lowest BCUT2D eigenvalue weighted by Crippen LogP contribution is -2.14. The number of hydrogen-bond donors (Lipinski definition) is 1. The van der Waals surface area contributed by atoms with E-state index in [1.807, 2.05) is 39.0 Å². The lowest BCUT2D eigenvalue weighted by Gasteiger charge is -2.10. The van der Waals surface area contributed by atoms with Crippen molar-refractivity contribution in [1.82, 2.24) is 4.98 Å². The molecule has 0 aliphatic carbocycles. The Labute approximate surface area is 117 Å². The normalized spacial score (nSPS) is 10.3. The van der Waals surface area contributed by atoms with Gasteiger partial charge in [-0.25, -0.2) is 4.98 Å². The van der Waals surface area contributed by atoms with Gasteiger partial charge in [0.25, 0.3) is 5.91 Å². The fourth-order valence-electron chi connectivity index (χ4n) is 1.92. The molecule has 0 unspecified atom stereocenters. The van der Waals surface area contributed by atoms with Gasteiger partial charge < -0.3 is 5.32 Å². The summed E-state index contributed by atoms with van der Waals surface area (Å²) in [5.74, 6) is -0.135. The molecule has 0 aliphatic heterocycles. The molecule has 19 heavy (non-hydrogen) atoms. The summed E-state index contributed by atoms with van der Waals surface area (Å²) in [5.41, 5.74) is 4.13. The van der Waals surface area contributed by atoms with Crippen LogP contribution >= 0.6 is 11.6 Å². The Morgan fingerprint density at radius 1 is 1.16 bits per heavy atom. The maximum Gasteiger partial charge on any atom is 0.255 e. The zero-order valence-corrected chi connectivity index (χ0v) is 11.9. The molecule has 1 aromatic heterocycles. The molecule has 4 heteroatoms. The first-order valence-electron chi connectivity index (χ1n) is 5.99. The van der Waals surface area contributed by atoms with Gasteiger partial charge in [0.05, 0.1) is 11.4 Å². The van der Waals surface area contributed by atoms with Crippen molar-refractivity contribution < 1.29 is 4.79 Å². The first kappa shape index (κ1) is 13.6. The summed E-state index contributed by atoms with van der Waals surface area (Å²) in [6.45, 7) is 5.74. The number of nitrogens with one attached hydrogen (secondary N) is 1. The van der Waals surface area contributed by atoms with E-state index < -0.39 is 0 Å². The molecule has 3 nitrogen and oxygen atoms in total. The van der Waals surface area contributed by atoms with Gasteiger partial charge in [0, 0.05) is 5.56 Å². The van der Waals surface area contributed by atoms with Crippen LogP contribution in [0.1, 0.15) is 27.2 Å². The maximum atomic E-state index is 12.2. The molecular weight excluding hydrogens is 260 g/mol. The van der Waals surface area contributed by atoms with Crippen LogP contribution in [0.4, 0.5) is 5.69 Å². The minimum atomic E-state index is -0.135. The maximum absolute atomic E-state index is 12.2. The van der Waals surface area contributed by atoms with Crippen LogP contribution in [0.15, 0.2) is 30.3 Å².